The summed E-state index contributed by atoms with van der Waals surface area (Å²) in [6.07, 6.45) is 21.0. The van der Waals surface area contributed by atoms with Crippen molar-refractivity contribution in [3.05, 3.63) is 101 Å². The first kappa shape index (κ1) is 37.4. The van der Waals surface area contributed by atoms with E-state index in [1.165, 1.54) is 114 Å². The van der Waals surface area contributed by atoms with Gasteiger partial charge in [0.1, 0.15) is 19.1 Å². The van der Waals surface area contributed by atoms with Crippen LogP contribution < -0.4 is 4.74 Å². The number of hydrogen-bond acceptors (Lipinski definition) is 4. The molecule has 1 unspecified atom stereocenters. The van der Waals surface area contributed by atoms with Crippen molar-refractivity contribution in [3.8, 4) is 5.75 Å². The highest BCUT2D eigenvalue weighted by Crippen LogP contribution is 2.39. The Balaban J connectivity index is 0.00000213. The molecule has 0 bridgehead atoms. The predicted molar refractivity (Wildman–Crippen MR) is 202 cm³/mol. The van der Waals surface area contributed by atoms with Crippen LogP contribution in [-0.2, 0) is 9.53 Å². The van der Waals surface area contributed by atoms with Crippen LogP contribution >= 0.6 is 0 Å². The van der Waals surface area contributed by atoms with E-state index in [0.29, 0.717) is 17.4 Å². The second-order valence-electron chi connectivity index (χ2n) is 14.2. The van der Waals surface area contributed by atoms with E-state index in [9.17, 15) is 4.79 Å². The van der Waals surface area contributed by atoms with Crippen LogP contribution in [0.15, 0.2) is 78.9 Å². The third kappa shape index (κ3) is 11.6. The zero-order chi connectivity index (χ0) is 34.0. The molecule has 3 aromatic rings. The molecule has 0 N–H and O–H groups in total. The maximum absolute atomic E-state index is 13.1. The minimum absolute atomic E-state index is 0. The van der Waals surface area contributed by atoms with Gasteiger partial charge in [0.15, 0.2) is 6.10 Å². The highest BCUT2D eigenvalue weighted by molar-refractivity contribution is 5.89. The smallest absolute Gasteiger partial charge is 0.338 e. The number of hydrogen-bond donors (Lipinski definition) is 0. The van der Waals surface area contributed by atoms with Gasteiger partial charge in [-0.15, -0.1) is 0 Å². The Bertz CT molecular complexity index is 1300. The molecule has 0 amide bonds. The molecule has 0 saturated heterocycles. The Hall–Kier alpha value is -3.40. The fourth-order valence-corrected chi connectivity index (χ4v) is 7.91. The Morgan fingerprint density at radius 1 is 0.667 bits per heavy atom. The van der Waals surface area contributed by atoms with Crippen LogP contribution in [0.4, 0.5) is 0 Å². The molecule has 4 heteroatoms. The summed E-state index contributed by atoms with van der Waals surface area (Å²) in [6, 6.07) is 26.9. The first-order chi connectivity index (χ1) is 23.6. The van der Waals surface area contributed by atoms with Crippen LogP contribution in [0, 0.1) is 11.8 Å². The minimum Gasteiger partial charge on any atom is -0.482 e. The van der Waals surface area contributed by atoms with Crippen LogP contribution in [0.3, 0.4) is 0 Å². The first-order valence-corrected chi connectivity index (χ1v) is 19.0. The number of carbonyl (C=O) groups excluding carboxylic acids is 2. The molecule has 48 heavy (non-hydrogen) atoms. The lowest BCUT2D eigenvalue weighted by molar-refractivity contribution is -0.0980. The van der Waals surface area contributed by atoms with E-state index in [-0.39, 0.29) is 21.5 Å². The zero-order valence-electron chi connectivity index (χ0n) is 29.8. The number of unbranched alkanes of at least 4 members (excludes halogenated alkanes) is 4. The van der Waals surface area contributed by atoms with Crippen molar-refractivity contribution in [1.29, 1.82) is 0 Å². The van der Waals surface area contributed by atoms with Gasteiger partial charge >= 0.3 is 5.97 Å². The summed E-state index contributed by atoms with van der Waals surface area (Å²) >= 11 is 0. The second kappa shape index (κ2) is 20.9. The summed E-state index contributed by atoms with van der Waals surface area (Å²) in [5.41, 5.74) is 4.39. The van der Waals surface area contributed by atoms with Crippen molar-refractivity contribution in [1.82, 2.24) is 0 Å². The third-order valence-corrected chi connectivity index (χ3v) is 10.9. The number of esters is 1. The summed E-state index contributed by atoms with van der Waals surface area (Å²) in [4.78, 5) is 21.1. The van der Waals surface area contributed by atoms with Gasteiger partial charge < -0.3 is 14.3 Å². The number of carbonyl (C=O) groups is 2. The van der Waals surface area contributed by atoms with Gasteiger partial charge in [-0.05, 0) is 116 Å². The summed E-state index contributed by atoms with van der Waals surface area (Å²) in [7, 11) is 0. The Kier molecular flexibility index (Phi) is 16.3. The van der Waals surface area contributed by atoms with Gasteiger partial charge in [-0.1, -0.05) is 120 Å². The topological polar surface area (TPSA) is 52.6 Å². The summed E-state index contributed by atoms with van der Waals surface area (Å²) in [6.45, 7) is 6.74. The van der Waals surface area contributed by atoms with Crippen molar-refractivity contribution in [3.63, 3.8) is 0 Å². The van der Waals surface area contributed by atoms with Gasteiger partial charge in [-0.25, -0.2) is 4.79 Å². The number of rotatable bonds is 16. The normalized spacial score (nSPS) is 21.4. The first-order valence-electron chi connectivity index (χ1n) is 19.0. The van der Waals surface area contributed by atoms with E-state index < -0.39 is 0 Å². The standard InChI is InChI=1S/C43H58O3.CH2O.2H2/c1-3-5-8-12-33-16-20-35(21-17-33)37-24-26-40(27-25-37)43(44)45-32-42(39-14-10-7-11-15-39)46-41-30-28-38(29-31-41)36-22-18-34(19-23-36)13-9-6-4-2;1-2;;/h7,10-11,14-15,24-31,33-36,42H,3-6,8-9,12-13,16-23,32H2,1-2H3;1H2;2*1H. The summed E-state index contributed by atoms with van der Waals surface area (Å²) in [5, 5.41) is 0. The van der Waals surface area contributed by atoms with Crippen LogP contribution in [0.1, 0.15) is 164 Å². The summed E-state index contributed by atoms with van der Waals surface area (Å²) < 4.78 is 12.3. The van der Waals surface area contributed by atoms with Crippen molar-refractivity contribution in [2.75, 3.05) is 6.61 Å². The molecule has 0 aliphatic heterocycles. The van der Waals surface area contributed by atoms with Crippen LogP contribution in [0.2, 0.25) is 0 Å². The molecule has 0 aromatic heterocycles. The van der Waals surface area contributed by atoms with Gasteiger partial charge in [-0.3, -0.25) is 0 Å². The lowest BCUT2D eigenvalue weighted by Crippen LogP contribution is -2.18. The van der Waals surface area contributed by atoms with Gasteiger partial charge in [0.05, 0.1) is 5.56 Å². The van der Waals surface area contributed by atoms with Gasteiger partial charge in [-0.2, -0.15) is 0 Å². The highest BCUT2D eigenvalue weighted by Gasteiger charge is 2.24. The number of benzene rings is 3. The molecule has 2 aliphatic carbocycles. The second-order valence-corrected chi connectivity index (χ2v) is 14.2. The average Bonchev–Trinajstić information content (AvgIpc) is 3.15. The average molecular weight is 657 g/mol. The Labute approximate surface area is 294 Å². The molecule has 264 valence electrons. The van der Waals surface area contributed by atoms with Gasteiger partial charge in [0, 0.05) is 2.85 Å². The molecule has 3 aromatic carbocycles. The molecule has 0 radical (unpaired) electrons. The van der Waals surface area contributed by atoms with Crippen molar-refractivity contribution < 1.29 is 21.9 Å². The van der Waals surface area contributed by atoms with Gasteiger partial charge in [0.25, 0.3) is 0 Å². The van der Waals surface area contributed by atoms with Crippen molar-refractivity contribution in [2.45, 2.75) is 135 Å². The molecule has 5 rings (SSSR count). The minimum atomic E-state index is -0.374. The van der Waals surface area contributed by atoms with Crippen LogP contribution in [0.25, 0.3) is 0 Å². The van der Waals surface area contributed by atoms with E-state index in [1.807, 2.05) is 49.3 Å². The SMILES string of the molecule is C=O.CCCCCC1CCC(c2ccc(OC(COC(=O)c3ccc(C4CCC(CCCCC)CC4)cc3)c3ccccc3)cc2)CC1.[HH].[HH]. The van der Waals surface area contributed by atoms with E-state index in [2.05, 4.69) is 50.2 Å². The van der Waals surface area contributed by atoms with Gasteiger partial charge in [0.2, 0.25) is 0 Å². The van der Waals surface area contributed by atoms with E-state index in [4.69, 9.17) is 14.3 Å². The van der Waals surface area contributed by atoms with E-state index in [0.717, 1.165) is 23.1 Å². The Morgan fingerprint density at radius 3 is 1.62 bits per heavy atom. The Morgan fingerprint density at radius 2 is 1.15 bits per heavy atom. The lowest BCUT2D eigenvalue weighted by atomic mass is 9.77. The van der Waals surface area contributed by atoms with Crippen molar-refractivity contribution >= 4 is 12.8 Å². The fraction of sp³-hybridized carbons (Fsp3) is 0.545. The van der Waals surface area contributed by atoms with E-state index >= 15 is 0 Å². The third-order valence-electron chi connectivity index (χ3n) is 10.9. The fourth-order valence-electron chi connectivity index (χ4n) is 7.91. The predicted octanol–water partition coefficient (Wildman–Crippen LogP) is 12.7. The lowest BCUT2D eigenvalue weighted by Gasteiger charge is -2.29. The molecule has 2 aliphatic rings. The molecule has 1 atom stereocenters. The number of ether oxygens (including phenoxy) is 2. The molecular weight excluding hydrogens is 592 g/mol. The molecule has 2 fully saturated rings. The van der Waals surface area contributed by atoms with Crippen LogP contribution in [0.5, 0.6) is 5.75 Å². The van der Waals surface area contributed by atoms with Crippen LogP contribution in [-0.4, -0.2) is 19.4 Å². The molecule has 4 nitrogen and oxygen atoms in total. The van der Waals surface area contributed by atoms with E-state index in [1.54, 1.807) is 0 Å². The molecule has 2 saturated carbocycles. The highest BCUT2D eigenvalue weighted by atomic mass is 16.6. The molecule has 0 heterocycles. The summed E-state index contributed by atoms with van der Waals surface area (Å²) in [5.74, 6) is 3.60. The maximum Gasteiger partial charge on any atom is 0.338 e. The molecule has 0 spiro atoms. The monoisotopic (exact) mass is 656 g/mol. The van der Waals surface area contributed by atoms with Crippen molar-refractivity contribution in [2.24, 2.45) is 11.8 Å². The zero-order valence-corrected chi connectivity index (χ0v) is 29.8. The largest absolute Gasteiger partial charge is 0.482 e. The maximum atomic E-state index is 13.1. The molecular formula is C44H64O4. The quantitative estimate of drug-likeness (QED) is 0.114.